The first-order valence-electron chi connectivity index (χ1n) is 22.5. The van der Waals surface area contributed by atoms with E-state index in [1.54, 1.807) is 18.2 Å². The van der Waals surface area contributed by atoms with Crippen LogP contribution in [-0.4, -0.2) is 138 Å². The number of carbonyl (C=O) groups excluding carboxylic acids is 4. The number of aromatic nitrogens is 2. The summed E-state index contributed by atoms with van der Waals surface area (Å²) in [5.41, 5.74) is 8.53. The number of nitrogens with one attached hydrogen (secondary N) is 2. The van der Waals surface area contributed by atoms with E-state index in [4.69, 9.17) is 24.2 Å². The first kappa shape index (κ1) is 49.3. The molecule has 15 nitrogen and oxygen atoms in total. The van der Waals surface area contributed by atoms with Gasteiger partial charge < -0.3 is 29.0 Å². The van der Waals surface area contributed by atoms with Crippen LogP contribution >= 0.6 is 11.3 Å². The highest BCUT2D eigenvalue weighted by atomic mass is 32.1. The topological polar surface area (TPSA) is 160 Å². The van der Waals surface area contributed by atoms with Crippen molar-refractivity contribution in [1.29, 1.82) is 0 Å². The van der Waals surface area contributed by atoms with Gasteiger partial charge in [0.1, 0.15) is 12.1 Å². The predicted molar refractivity (Wildman–Crippen MR) is 255 cm³/mol. The molecule has 1 aromatic carbocycles. The van der Waals surface area contributed by atoms with Gasteiger partial charge in [-0.15, -0.1) is 11.3 Å². The Morgan fingerprint density at radius 2 is 2.00 bits per heavy atom. The molecule has 16 heteroatoms. The number of rotatable bonds is 12. The lowest BCUT2D eigenvalue weighted by Gasteiger charge is -2.37. The fourth-order valence-corrected chi connectivity index (χ4v) is 9.02. The molecule has 6 bridgehead atoms. The minimum atomic E-state index is -0.975. The summed E-state index contributed by atoms with van der Waals surface area (Å²) in [5.74, 6) is 4.32. The van der Waals surface area contributed by atoms with Gasteiger partial charge in [0.05, 0.1) is 53.1 Å². The summed E-state index contributed by atoms with van der Waals surface area (Å²) in [6.45, 7) is 20.3. The van der Waals surface area contributed by atoms with E-state index in [1.165, 1.54) is 16.3 Å². The molecule has 0 saturated carbocycles. The third kappa shape index (κ3) is 11.4. The summed E-state index contributed by atoms with van der Waals surface area (Å²) in [4.78, 5) is 67.6. The van der Waals surface area contributed by atoms with Crippen molar-refractivity contribution in [2.24, 2.45) is 10.4 Å². The van der Waals surface area contributed by atoms with E-state index >= 15 is 0 Å². The molecule has 2 aromatic heterocycles. The number of methoxy groups -OCH3 is 1. The zero-order chi connectivity index (χ0) is 47.2. The van der Waals surface area contributed by atoms with Crippen LogP contribution in [-0.2, 0) is 52.8 Å². The van der Waals surface area contributed by atoms with Crippen LogP contribution in [0.25, 0.3) is 27.7 Å². The van der Waals surface area contributed by atoms with Crippen LogP contribution in [0.2, 0.25) is 0 Å². The SMILES string of the molecule is C=C/C(=C(\N=CC)[C@H](C)OC)c1c2c3cc(ccc3n1CC)-c1csc(n1)C[C@H](NC(=O)CCOC1CN(C(=O)C#CC(C)(C)N(C)C)C1)C(=O)N1CCC[C@H](N1)C(=O)OCC(C)(C)C2. The van der Waals surface area contributed by atoms with Gasteiger partial charge in [0.2, 0.25) is 5.91 Å². The molecule has 3 aromatic rings. The highest BCUT2D eigenvalue weighted by Gasteiger charge is 2.36. The highest BCUT2D eigenvalue weighted by Crippen LogP contribution is 2.40. The number of fused-ring (bicyclic) bond motifs is 6. The van der Waals surface area contributed by atoms with E-state index in [0.29, 0.717) is 50.4 Å². The number of aryl methyl sites for hydroxylation is 1. The number of thiazole rings is 1. The lowest BCUT2D eigenvalue weighted by Crippen LogP contribution is -2.60. The van der Waals surface area contributed by atoms with E-state index in [0.717, 1.165) is 44.7 Å². The Kier molecular flexibility index (Phi) is 15.9. The summed E-state index contributed by atoms with van der Waals surface area (Å²) in [5, 5.41) is 8.07. The molecule has 3 aliphatic heterocycles. The number of allylic oxidation sites excluding steroid dienone is 2. The second-order valence-electron chi connectivity index (χ2n) is 18.4. The highest BCUT2D eigenvalue weighted by molar-refractivity contribution is 7.10. The molecule has 0 unspecified atom stereocenters. The number of hydrazine groups is 1. The van der Waals surface area contributed by atoms with Gasteiger partial charge >= 0.3 is 5.97 Å². The van der Waals surface area contributed by atoms with E-state index in [2.05, 4.69) is 72.7 Å². The lowest BCUT2D eigenvalue weighted by molar-refractivity contribution is -0.155. The van der Waals surface area contributed by atoms with E-state index in [1.807, 2.05) is 58.1 Å². The van der Waals surface area contributed by atoms with Gasteiger partial charge in [-0.3, -0.25) is 34.1 Å². The molecule has 2 saturated heterocycles. The molecule has 3 amide bonds. The number of amides is 3. The number of nitrogens with zero attached hydrogens (tertiary/aromatic N) is 6. The number of likely N-dealkylation sites (tertiary alicyclic amines) is 1. The van der Waals surface area contributed by atoms with Gasteiger partial charge in [-0.1, -0.05) is 38.5 Å². The zero-order valence-electron chi connectivity index (χ0n) is 39.7. The normalized spacial score (nSPS) is 20.4. The summed E-state index contributed by atoms with van der Waals surface area (Å²) in [7, 11) is 5.49. The first-order valence-corrected chi connectivity index (χ1v) is 23.4. The van der Waals surface area contributed by atoms with Crippen LogP contribution in [0.4, 0.5) is 0 Å². The Bertz CT molecular complexity index is 2400. The number of aliphatic imine (C=N–C) groups is 1. The first-order chi connectivity index (χ1) is 30.9. The molecule has 6 rings (SSSR count). The fraction of sp³-hybridized carbons (Fsp3) is 0.551. The van der Waals surface area contributed by atoms with Gasteiger partial charge in [0, 0.05) is 85.2 Å². The van der Waals surface area contributed by atoms with Crippen molar-refractivity contribution in [3.63, 3.8) is 0 Å². The molecule has 2 N–H and O–H groups in total. The van der Waals surface area contributed by atoms with Gasteiger partial charge in [0.25, 0.3) is 11.8 Å². The lowest BCUT2D eigenvalue weighted by atomic mass is 9.84. The molecule has 350 valence electrons. The Labute approximate surface area is 387 Å². The Morgan fingerprint density at radius 3 is 2.68 bits per heavy atom. The zero-order valence-corrected chi connectivity index (χ0v) is 40.5. The van der Waals surface area contributed by atoms with Gasteiger partial charge in [0.15, 0.2) is 0 Å². The van der Waals surface area contributed by atoms with Crippen LogP contribution in [0, 0.1) is 17.3 Å². The van der Waals surface area contributed by atoms with Gasteiger partial charge in [-0.2, -0.15) is 0 Å². The number of hydrogen-bond acceptors (Lipinski definition) is 12. The number of ether oxygens (including phenoxy) is 3. The predicted octanol–water partition coefficient (Wildman–Crippen LogP) is 5.42. The summed E-state index contributed by atoms with van der Waals surface area (Å²) in [6.07, 6.45) is 4.85. The maximum absolute atomic E-state index is 14.3. The van der Waals surface area contributed by atoms with Crippen molar-refractivity contribution in [1.82, 2.24) is 35.1 Å². The average Bonchev–Trinajstić information content (AvgIpc) is 3.86. The van der Waals surface area contributed by atoms with Crippen molar-refractivity contribution in [2.75, 3.05) is 54.1 Å². The molecule has 0 radical (unpaired) electrons. The second kappa shape index (κ2) is 21.0. The van der Waals surface area contributed by atoms with E-state index < -0.39 is 29.0 Å². The minimum Gasteiger partial charge on any atom is -0.464 e. The molecule has 65 heavy (non-hydrogen) atoms. The Hall–Kier alpha value is -5.18. The molecular formula is C49H66N8O7S. The molecule has 5 heterocycles. The van der Waals surface area contributed by atoms with Crippen LogP contribution < -0.4 is 10.7 Å². The summed E-state index contributed by atoms with van der Waals surface area (Å²) < 4.78 is 20.1. The van der Waals surface area contributed by atoms with Crippen molar-refractivity contribution < 1.29 is 33.4 Å². The van der Waals surface area contributed by atoms with E-state index in [9.17, 15) is 19.2 Å². The van der Waals surface area contributed by atoms with Crippen molar-refractivity contribution in [2.45, 2.75) is 117 Å². The standard InChI is InChI=1S/C49H66N8O7S/c1-12-34(44(50-13-2)31(4)62-11)45-36-26-48(5,6)30-64-47(61)37-16-15-22-57(53-37)46(60)38(25-42-52-39(29-65-42)32-17-18-40(35(36)24-32)56(45)14-3)51-41(58)20-23-63-33-27-55(28-33)43(59)19-21-49(7,8)54(9)10/h12-13,17-18,24,29,31,33,37-38,53H,1,14-16,20,22-23,25-28,30H2,2-11H3,(H,51,58)/b44-34+,50-13?/t31-,37-,38-/m0/s1. The van der Waals surface area contributed by atoms with Crippen LogP contribution in [0.5, 0.6) is 0 Å². The molecule has 2 fully saturated rings. The number of benzene rings is 1. The average molecular weight is 911 g/mol. The molecular weight excluding hydrogens is 845 g/mol. The minimum absolute atomic E-state index is 0.00745. The molecule has 3 atom stereocenters. The smallest absolute Gasteiger partial charge is 0.324 e. The fourth-order valence-electron chi connectivity index (χ4n) is 8.17. The number of carbonyl (C=O) groups is 4. The van der Waals surface area contributed by atoms with Crippen LogP contribution in [0.1, 0.15) is 84.0 Å². The Balaban J connectivity index is 1.28. The maximum Gasteiger partial charge on any atom is 0.324 e. The number of esters is 1. The Morgan fingerprint density at radius 1 is 1.25 bits per heavy atom. The number of cyclic esters (lactones) is 1. The van der Waals surface area contributed by atoms with E-state index in [-0.39, 0.29) is 56.0 Å². The van der Waals surface area contributed by atoms with Crippen molar-refractivity contribution in [3.8, 4) is 23.1 Å². The molecule has 3 aliphatic rings. The van der Waals surface area contributed by atoms with Crippen LogP contribution in [0.3, 0.4) is 0 Å². The monoisotopic (exact) mass is 910 g/mol. The van der Waals surface area contributed by atoms with Crippen molar-refractivity contribution in [3.05, 3.63) is 58.2 Å². The maximum atomic E-state index is 14.3. The second-order valence-corrected chi connectivity index (χ2v) is 19.4. The van der Waals surface area contributed by atoms with Gasteiger partial charge in [-0.05, 0) is 91.6 Å². The quantitative estimate of drug-likeness (QED) is 0.104. The largest absolute Gasteiger partial charge is 0.464 e. The third-order valence-corrected chi connectivity index (χ3v) is 13.4. The molecule has 0 aliphatic carbocycles. The molecule has 0 spiro atoms. The summed E-state index contributed by atoms with van der Waals surface area (Å²) >= 11 is 1.42. The van der Waals surface area contributed by atoms with Gasteiger partial charge in [-0.25, -0.2) is 10.4 Å². The third-order valence-electron chi connectivity index (χ3n) is 12.5. The summed E-state index contributed by atoms with van der Waals surface area (Å²) in [6, 6.07) is 4.61. The number of hydrogen-bond donors (Lipinski definition) is 2. The van der Waals surface area contributed by atoms with Crippen LogP contribution in [0.15, 0.2) is 46.9 Å². The van der Waals surface area contributed by atoms with Crippen molar-refractivity contribution >= 4 is 57.7 Å².